The van der Waals surface area contributed by atoms with Crippen LogP contribution >= 0.6 is 0 Å². The molecule has 2 nitrogen and oxygen atoms in total. The summed E-state index contributed by atoms with van der Waals surface area (Å²) in [6.07, 6.45) is 4.10. The summed E-state index contributed by atoms with van der Waals surface area (Å²) >= 11 is 0. The lowest BCUT2D eigenvalue weighted by Gasteiger charge is -2.00. The van der Waals surface area contributed by atoms with E-state index in [4.69, 9.17) is 0 Å². The van der Waals surface area contributed by atoms with Crippen molar-refractivity contribution in [2.24, 2.45) is 0 Å². The molecule has 82 valence electrons. The lowest BCUT2D eigenvalue weighted by Crippen LogP contribution is -2.05. The van der Waals surface area contributed by atoms with Gasteiger partial charge in [-0.3, -0.25) is 0 Å². The van der Waals surface area contributed by atoms with Gasteiger partial charge in [-0.2, -0.15) is 0 Å². The Morgan fingerprint density at radius 1 is 1.33 bits per heavy atom. The summed E-state index contributed by atoms with van der Waals surface area (Å²) in [5.74, 6) is -2.25. The second-order valence-corrected chi connectivity index (χ2v) is 3.12. The molecule has 0 aliphatic carbocycles. The lowest BCUT2D eigenvalue weighted by atomic mass is 10.1. The molecule has 0 aliphatic rings. The van der Waals surface area contributed by atoms with E-state index in [1.165, 1.54) is 0 Å². The van der Waals surface area contributed by atoms with Crippen LogP contribution in [0.15, 0.2) is 18.2 Å². The number of hydrogen-bond donors (Lipinski definition) is 2. The fourth-order valence-electron chi connectivity index (χ4n) is 1.12. The van der Waals surface area contributed by atoms with Gasteiger partial charge in [0.2, 0.25) is 0 Å². The van der Waals surface area contributed by atoms with Crippen molar-refractivity contribution in [3.8, 4) is 5.75 Å². The smallest absolute Gasteiger partial charge is 0.162 e. The number of nitrogens with one attached hydrogen (secondary N) is 1. The lowest BCUT2D eigenvalue weighted by molar-refractivity contribution is 0.453. The number of halogens is 2. The first kappa shape index (κ1) is 11.7. The largest absolute Gasteiger partial charge is 0.507 e. The minimum absolute atomic E-state index is 0.255. The normalized spacial score (nSPS) is 11.1. The van der Waals surface area contributed by atoms with Gasteiger partial charge in [0.1, 0.15) is 5.75 Å². The minimum atomic E-state index is -1.04. The van der Waals surface area contributed by atoms with E-state index >= 15 is 0 Å². The van der Waals surface area contributed by atoms with E-state index in [0.717, 1.165) is 25.1 Å². The predicted octanol–water partition coefficient (Wildman–Crippen LogP) is 2.29. The van der Waals surface area contributed by atoms with E-state index in [2.05, 4.69) is 5.32 Å². The van der Waals surface area contributed by atoms with E-state index < -0.39 is 11.6 Å². The van der Waals surface area contributed by atoms with Crippen molar-refractivity contribution in [3.05, 3.63) is 35.4 Å². The third kappa shape index (κ3) is 3.32. The van der Waals surface area contributed by atoms with E-state index in [-0.39, 0.29) is 11.3 Å². The molecule has 0 bridgehead atoms. The average molecular weight is 213 g/mol. The molecule has 2 N–H and O–H groups in total. The van der Waals surface area contributed by atoms with Gasteiger partial charge < -0.3 is 10.4 Å². The monoisotopic (exact) mass is 213 g/mol. The zero-order valence-electron chi connectivity index (χ0n) is 8.43. The molecule has 0 aliphatic heterocycles. The molecule has 1 aromatic rings. The minimum Gasteiger partial charge on any atom is -0.507 e. The van der Waals surface area contributed by atoms with Gasteiger partial charge in [-0.05, 0) is 26.1 Å². The van der Waals surface area contributed by atoms with Crippen molar-refractivity contribution < 1.29 is 13.9 Å². The predicted molar refractivity (Wildman–Crippen MR) is 55.6 cm³/mol. The Kier molecular flexibility index (Phi) is 4.24. The van der Waals surface area contributed by atoms with Gasteiger partial charge in [0, 0.05) is 11.6 Å². The first-order valence-corrected chi connectivity index (χ1v) is 4.64. The van der Waals surface area contributed by atoms with Crippen LogP contribution in [0, 0.1) is 11.6 Å². The Balaban J connectivity index is 2.77. The second kappa shape index (κ2) is 5.46. The van der Waals surface area contributed by atoms with Gasteiger partial charge in [0.25, 0.3) is 0 Å². The van der Waals surface area contributed by atoms with Gasteiger partial charge in [-0.15, -0.1) is 0 Å². The number of rotatable bonds is 4. The van der Waals surface area contributed by atoms with Gasteiger partial charge in [-0.1, -0.05) is 12.2 Å². The Labute approximate surface area is 87.2 Å². The molecule has 1 aromatic carbocycles. The van der Waals surface area contributed by atoms with Crippen LogP contribution in [0.3, 0.4) is 0 Å². The third-order valence-corrected chi connectivity index (χ3v) is 1.93. The third-order valence-electron chi connectivity index (χ3n) is 1.93. The number of hydrogen-bond acceptors (Lipinski definition) is 2. The molecular weight excluding hydrogens is 200 g/mol. The Hall–Kier alpha value is -1.42. The van der Waals surface area contributed by atoms with E-state index in [9.17, 15) is 13.9 Å². The molecule has 4 heteroatoms. The maximum Gasteiger partial charge on any atom is 0.162 e. The van der Waals surface area contributed by atoms with Gasteiger partial charge in [0.15, 0.2) is 11.6 Å². The maximum atomic E-state index is 12.8. The molecule has 0 heterocycles. The molecule has 15 heavy (non-hydrogen) atoms. The highest BCUT2D eigenvalue weighted by Crippen LogP contribution is 2.22. The highest BCUT2D eigenvalue weighted by atomic mass is 19.2. The Morgan fingerprint density at radius 2 is 2.00 bits per heavy atom. The quantitative estimate of drug-likeness (QED) is 0.752. The summed E-state index contributed by atoms with van der Waals surface area (Å²) in [7, 11) is 1.82. The topological polar surface area (TPSA) is 32.3 Å². The Morgan fingerprint density at radius 3 is 2.67 bits per heavy atom. The molecule has 0 aromatic heterocycles. The van der Waals surface area contributed by atoms with E-state index in [1.807, 2.05) is 7.05 Å². The average Bonchev–Trinajstić information content (AvgIpc) is 2.20. The van der Waals surface area contributed by atoms with Crippen LogP contribution in [0.25, 0.3) is 6.08 Å². The molecule has 0 atom stereocenters. The highest BCUT2D eigenvalue weighted by Gasteiger charge is 2.06. The zero-order valence-corrected chi connectivity index (χ0v) is 8.43. The molecule has 1 rings (SSSR count). The summed E-state index contributed by atoms with van der Waals surface area (Å²) in [5.41, 5.74) is 0.282. The SMILES string of the molecule is CNCCC=Cc1cc(F)c(F)cc1O. The maximum absolute atomic E-state index is 12.8. The molecule has 0 unspecified atom stereocenters. The summed E-state index contributed by atoms with van der Waals surface area (Å²) in [4.78, 5) is 0. The summed E-state index contributed by atoms with van der Waals surface area (Å²) in [6, 6.07) is 1.74. The molecule has 0 radical (unpaired) electrons. The van der Waals surface area contributed by atoms with Crippen molar-refractivity contribution in [3.63, 3.8) is 0 Å². The van der Waals surface area contributed by atoms with Gasteiger partial charge in [-0.25, -0.2) is 8.78 Å². The summed E-state index contributed by atoms with van der Waals surface area (Å²) < 4.78 is 25.4. The van der Waals surface area contributed by atoms with E-state index in [1.54, 1.807) is 12.2 Å². The van der Waals surface area contributed by atoms with Crippen molar-refractivity contribution >= 4 is 6.08 Å². The van der Waals surface area contributed by atoms with Crippen LogP contribution in [0.4, 0.5) is 8.78 Å². The molecule has 0 spiro atoms. The van der Waals surface area contributed by atoms with Crippen LogP contribution in [-0.4, -0.2) is 18.7 Å². The summed E-state index contributed by atoms with van der Waals surface area (Å²) in [6.45, 7) is 0.793. The number of phenolic OH excluding ortho intramolecular Hbond substituents is 1. The second-order valence-electron chi connectivity index (χ2n) is 3.12. The van der Waals surface area contributed by atoms with Crippen LogP contribution in [0.2, 0.25) is 0 Å². The fraction of sp³-hybridized carbons (Fsp3) is 0.273. The highest BCUT2D eigenvalue weighted by molar-refractivity contribution is 5.56. The van der Waals surface area contributed by atoms with Crippen molar-refractivity contribution in [1.82, 2.24) is 5.32 Å². The Bertz CT molecular complexity index is 364. The zero-order chi connectivity index (χ0) is 11.3. The number of aromatic hydroxyl groups is 1. The van der Waals surface area contributed by atoms with Crippen molar-refractivity contribution in [1.29, 1.82) is 0 Å². The molecule has 0 saturated heterocycles. The molecule has 0 amide bonds. The van der Waals surface area contributed by atoms with Crippen LogP contribution < -0.4 is 5.32 Å². The molecular formula is C11H13F2NO. The number of phenols is 1. The van der Waals surface area contributed by atoms with Crippen LogP contribution in [0.1, 0.15) is 12.0 Å². The van der Waals surface area contributed by atoms with Crippen LogP contribution in [0.5, 0.6) is 5.75 Å². The fourth-order valence-corrected chi connectivity index (χ4v) is 1.12. The van der Waals surface area contributed by atoms with E-state index in [0.29, 0.717) is 0 Å². The van der Waals surface area contributed by atoms with Gasteiger partial charge >= 0.3 is 0 Å². The van der Waals surface area contributed by atoms with Crippen molar-refractivity contribution in [2.75, 3.05) is 13.6 Å². The van der Waals surface area contributed by atoms with Crippen molar-refractivity contribution in [2.45, 2.75) is 6.42 Å². The first-order valence-electron chi connectivity index (χ1n) is 4.64. The number of benzene rings is 1. The van der Waals surface area contributed by atoms with Crippen LogP contribution in [-0.2, 0) is 0 Å². The standard InChI is InChI=1S/C11H13F2NO/c1-14-5-3-2-4-8-6-9(12)10(13)7-11(8)15/h2,4,6-7,14-15H,3,5H2,1H3. The van der Waals surface area contributed by atoms with Gasteiger partial charge in [0.05, 0.1) is 0 Å². The molecule has 0 saturated carbocycles. The first-order chi connectivity index (χ1) is 7.15. The molecule has 0 fully saturated rings. The summed E-state index contributed by atoms with van der Waals surface area (Å²) in [5, 5.41) is 12.2.